The van der Waals surface area contributed by atoms with Gasteiger partial charge in [-0.3, -0.25) is 4.98 Å². The summed E-state index contributed by atoms with van der Waals surface area (Å²) in [5.74, 6) is 0. The predicted octanol–water partition coefficient (Wildman–Crippen LogP) is 7.89. The highest BCUT2D eigenvalue weighted by atomic mass is 14.6. The average molecular weight is 332 g/mol. The van der Waals surface area contributed by atoms with E-state index >= 15 is 0 Å². The van der Waals surface area contributed by atoms with Gasteiger partial charge >= 0.3 is 0 Å². The minimum absolute atomic E-state index is 1.22. The molecule has 1 aromatic rings. The summed E-state index contributed by atoms with van der Waals surface area (Å²) in [6, 6.07) is 4.29. The van der Waals surface area contributed by atoms with Crippen LogP contribution in [0.5, 0.6) is 0 Å². The predicted molar refractivity (Wildman–Crippen MR) is 107 cm³/mol. The van der Waals surface area contributed by atoms with Crippen molar-refractivity contribution in [2.75, 3.05) is 0 Å². The van der Waals surface area contributed by atoms with E-state index in [0.29, 0.717) is 0 Å². The summed E-state index contributed by atoms with van der Waals surface area (Å²) >= 11 is 0. The molecule has 0 aliphatic heterocycles. The van der Waals surface area contributed by atoms with Gasteiger partial charge in [0.15, 0.2) is 0 Å². The van der Waals surface area contributed by atoms with Crippen LogP contribution >= 0.6 is 0 Å². The first-order chi connectivity index (χ1) is 11.9. The summed E-state index contributed by atoms with van der Waals surface area (Å²) in [4.78, 5) is 4.07. The van der Waals surface area contributed by atoms with Crippen molar-refractivity contribution >= 4 is 0 Å². The van der Waals surface area contributed by atoms with E-state index in [0.717, 1.165) is 0 Å². The molecule has 0 radical (unpaired) electrons. The summed E-state index contributed by atoms with van der Waals surface area (Å²) < 4.78 is 0. The van der Waals surface area contributed by atoms with Crippen molar-refractivity contribution in [3.63, 3.8) is 0 Å². The van der Waals surface area contributed by atoms with Crippen LogP contribution in [0.1, 0.15) is 115 Å². The van der Waals surface area contributed by atoms with Gasteiger partial charge in [-0.2, -0.15) is 0 Å². The zero-order chi connectivity index (χ0) is 17.1. The first-order valence-corrected chi connectivity index (χ1v) is 10.8. The number of hydrogen-bond donors (Lipinski definition) is 0. The molecule has 1 rings (SSSR count). The standard InChI is InChI=1S/C23H41N/c1-2-3-4-5-6-7-8-9-10-11-12-13-14-15-16-17-18-23-19-21-24-22-20-23/h19-22H,2-18H2,1H3. The molecule has 0 unspecified atom stereocenters. The first-order valence-electron chi connectivity index (χ1n) is 10.8. The van der Waals surface area contributed by atoms with Crippen molar-refractivity contribution in [3.05, 3.63) is 30.1 Å². The lowest BCUT2D eigenvalue weighted by atomic mass is 10.0. The Hall–Kier alpha value is -0.850. The van der Waals surface area contributed by atoms with Crippen LogP contribution in [0, 0.1) is 0 Å². The van der Waals surface area contributed by atoms with Crippen LogP contribution < -0.4 is 0 Å². The van der Waals surface area contributed by atoms with E-state index in [1.165, 1.54) is 115 Å². The van der Waals surface area contributed by atoms with Gasteiger partial charge in [-0.1, -0.05) is 103 Å². The third-order valence-corrected chi connectivity index (χ3v) is 5.07. The van der Waals surface area contributed by atoms with Gasteiger partial charge in [-0.15, -0.1) is 0 Å². The van der Waals surface area contributed by atoms with Gasteiger partial charge in [0.05, 0.1) is 0 Å². The summed E-state index contributed by atoms with van der Waals surface area (Å²) in [5, 5.41) is 0. The van der Waals surface area contributed by atoms with Crippen LogP contribution in [0.3, 0.4) is 0 Å². The number of aryl methyl sites for hydroxylation is 1. The van der Waals surface area contributed by atoms with E-state index in [1.807, 2.05) is 12.4 Å². The highest BCUT2D eigenvalue weighted by Crippen LogP contribution is 2.14. The normalized spacial score (nSPS) is 11.0. The summed E-state index contributed by atoms with van der Waals surface area (Å²) in [7, 11) is 0. The topological polar surface area (TPSA) is 12.9 Å². The Kier molecular flexibility index (Phi) is 15.0. The molecule has 138 valence electrons. The van der Waals surface area contributed by atoms with Gasteiger partial charge < -0.3 is 0 Å². The molecule has 1 heteroatoms. The van der Waals surface area contributed by atoms with Crippen molar-refractivity contribution in [2.45, 2.75) is 116 Å². The molecular weight excluding hydrogens is 290 g/mol. The molecule has 0 saturated heterocycles. The van der Waals surface area contributed by atoms with Crippen LogP contribution in [0.15, 0.2) is 24.5 Å². The fraction of sp³-hybridized carbons (Fsp3) is 0.783. The highest BCUT2D eigenvalue weighted by molar-refractivity contribution is 5.09. The van der Waals surface area contributed by atoms with Crippen LogP contribution in [-0.4, -0.2) is 4.98 Å². The highest BCUT2D eigenvalue weighted by Gasteiger charge is 1.95. The van der Waals surface area contributed by atoms with Crippen LogP contribution in [0.2, 0.25) is 0 Å². The fourth-order valence-corrected chi connectivity index (χ4v) is 3.43. The number of pyridine rings is 1. The van der Waals surface area contributed by atoms with Crippen molar-refractivity contribution in [2.24, 2.45) is 0 Å². The maximum absolute atomic E-state index is 4.07. The lowest BCUT2D eigenvalue weighted by Gasteiger charge is -2.04. The molecule has 0 aromatic carbocycles. The molecule has 0 atom stereocenters. The summed E-state index contributed by atoms with van der Waals surface area (Å²) in [6.45, 7) is 2.29. The largest absolute Gasteiger partial charge is 0.265 e. The van der Waals surface area contributed by atoms with Gasteiger partial charge in [0.2, 0.25) is 0 Å². The molecule has 0 bridgehead atoms. The molecular formula is C23H41N. The average Bonchev–Trinajstić information content (AvgIpc) is 2.62. The summed E-state index contributed by atoms with van der Waals surface area (Å²) in [6.07, 6.45) is 28.1. The van der Waals surface area contributed by atoms with Crippen LogP contribution in [0.25, 0.3) is 0 Å². The van der Waals surface area contributed by atoms with Gasteiger partial charge in [-0.05, 0) is 30.5 Å². The van der Waals surface area contributed by atoms with Crippen LogP contribution in [0.4, 0.5) is 0 Å². The molecule has 24 heavy (non-hydrogen) atoms. The Morgan fingerprint density at radius 1 is 0.542 bits per heavy atom. The van der Waals surface area contributed by atoms with E-state index < -0.39 is 0 Å². The Balaban J connectivity index is 1.70. The Morgan fingerprint density at radius 2 is 0.917 bits per heavy atom. The van der Waals surface area contributed by atoms with Gasteiger partial charge in [0.1, 0.15) is 0 Å². The zero-order valence-corrected chi connectivity index (χ0v) is 16.3. The van der Waals surface area contributed by atoms with E-state index in [1.54, 1.807) is 0 Å². The third-order valence-electron chi connectivity index (χ3n) is 5.07. The molecule has 1 aromatic heterocycles. The molecule has 0 fully saturated rings. The van der Waals surface area contributed by atoms with Gasteiger partial charge in [-0.25, -0.2) is 0 Å². The first kappa shape index (κ1) is 21.2. The van der Waals surface area contributed by atoms with Crippen molar-refractivity contribution in [3.8, 4) is 0 Å². The number of aromatic nitrogens is 1. The van der Waals surface area contributed by atoms with Crippen molar-refractivity contribution in [1.82, 2.24) is 4.98 Å². The smallest absolute Gasteiger partial charge is 0.0270 e. The number of rotatable bonds is 17. The monoisotopic (exact) mass is 331 g/mol. The maximum atomic E-state index is 4.07. The van der Waals surface area contributed by atoms with Crippen molar-refractivity contribution in [1.29, 1.82) is 0 Å². The van der Waals surface area contributed by atoms with Gasteiger partial charge in [0, 0.05) is 12.4 Å². The Labute approximate surface area is 151 Å². The number of unbranched alkanes of at least 4 members (excludes halogenated alkanes) is 15. The van der Waals surface area contributed by atoms with E-state index in [-0.39, 0.29) is 0 Å². The summed E-state index contributed by atoms with van der Waals surface area (Å²) in [5.41, 5.74) is 1.44. The SMILES string of the molecule is CCCCCCCCCCCCCCCCCCc1ccncc1. The van der Waals surface area contributed by atoms with E-state index in [9.17, 15) is 0 Å². The van der Waals surface area contributed by atoms with Crippen molar-refractivity contribution < 1.29 is 0 Å². The number of hydrogen-bond acceptors (Lipinski definition) is 1. The second-order valence-electron chi connectivity index (χ2n) is 7.41. The molecule has 0 aliphatic rings. The molecule has 1 heterocycles. The lowest BCUT2D eigenvalue weighted by molar-refractivity contribution is 0.529. The van der Waals surface area contributed by atoms with E-state index in [4.69, 9.17) is 0 Å². The molecule has 0 amide bonds. The molecule has 0 saturated carbocycles. The molecule has 0 spiro atoms. The zero-order valence-electron chi connectivity index (χ0n) is 16.3. The minimum Gasteiger partial charge on any atom is -0.265 e. The fourth-order valence-electron chi connectivity index (χ4n) is 3.43. The van der Waals surface area contributed by atoms with E-state index in [2.05, 4.69) is 24.0 Å². The van der Waals surface area contributed by atoms with Gasteiger partial charge in [0.25, 0.3) is 0 Å². The second kappa shape index (κ2) is 17.0. The Morgan fingerprint density at radius 3 is 1.33 bits per heavy atom. The van der Waals surface area contributed by atoms with Crippen LogP contribution in [-0.2, 0) is 6.42 Å². The number of nitrogens with zero attached hydrogens (tertiary/aromatic N) is 1. The maximum Gasteiger partial charge on any atom is 0.0270 e. The third kappa shape index (κ3) is 13.6. The minimum atomic E-state index is 1.22. The molecule has 0 aliphatic carbocycles. The Bertz CT molecular complexity index is 346. The molecule has 1 nitrogen and oxygen atoms in total. The molecule has 0 N–H and O–H groups in total. The quantitative estimate of drug-likeness (QED) is 0.264. The lowest BCUT2D eigenvalue weighted by Crippen LogP contribution is -1.87. The second-order valence-corrected chi connectivity index (χ2v) is 7.41.